The average Bonchev–Trinajstić information content (AvgIpc) is 3.05. The highest BCUT2D eigenvalue weighted by Gasteiger charge is 2.20. The van der Waals surface area contributed by atoms with E-state index in [0.29, 0.717) is 13.2 Å². The van der Waals surface area contributed by atoms with Gasteiger partial charge in [-0.05, 0) is 37.5 Å². The molecular weight excluding hydrogens is 362 g/mol. The van der Waals surface area contributed by atoms with E-state index in [2.05, 4.69) is 21.2 Å². The largest absolute Gasteiger partial charge is 0.486 e. The molecule has 3 rings (SSSR count). The van der Waals surface area contributed by atoms with Crippen LogP contribution in [0.1, 0.15) is 44.2 Å². The molecule has 0 unspecified atom stereocenters. The number of rotatable bonds is 5. The number of nitrogens with one attached hydrogen (secondary N) is 1. The Morgan fingerprint density at radius 2 is 1.96 bits per heavy atom. The first-order valence-electron chi connectivity index (χ1n) is 8.13. The molecule has 1 aromatic carbocycles. The first-order chi connectivity index (χ1) is 11.1. The Morgan fingerprint density at radius 3 is 2.65 bits per heavy atom. The van der Waals surface area contributed by atoms with Crippen LogP contribution in [0, 0.1) is 0 Å². The van der Waals surface area contributed by atoms with Crippen molar-refractivity contribution in [2.24, 2.45) is 0 Å². The van der Waals surface area contributed by atoms with Crippen molar-refractivity contribution in [1.82, 2.24) is 5.32 Å². The van der Waals surface area contributed by atoms with Crippen molar-refractivity contribution in [2.45, 2.75) is 44.8 Å². The zero-order valence-electron chi connectivity index (χ0n) is 13.3. The Bertz CT molecular complexity index is 572. The summed E-state index contributed by atoms with van der Waals surface area (Å²) in [4.78, 5) is 12.1. The summed E-state index contributed by atoms with van der Waals surface area (Å²) in [5.41, 5.74) is 0.962. The molecule has 0 spiro atoms. The molecule has 6 heteroatoms. The summed E-state index contributed by atoms with van der Waals surface area (Å²) in [6.07, 6.45) is 4.78. The van der Waals surface area contributed by atoms with Gasteiger partial charge in [-0.1, -0.05) is 28.8 Å². The molecule has 1 heterocycles. The minimum atomic E-state index is -0.139. The topological polar surface area (TPSA) is 56.8 Å². The van der Waals surface area contributed by atoms with Crippen LogP contribution in [0.4, 0.5) is 0 Å². The fraction of sp³-hybridized carbons (Fsp3) is 0.588. The van der Waals surface area contributed by atoms with Gasteiger partial charge in [-0.3, -0.25) is 4.79 Å². The number of fused-ring (bicyclic) bond motifs is 1. The highest BCUT2D eigenvalue weighted by atomic mass is 79.9. The summed E-state index contributed by atoms with van der Waals surface area (Å²) >= 11 is 3.54. The smallest absolute Gasteiger partial charge is 0.246 e. The van der Waals surface area contributed by atoms with Crippen LogP contribution >= 0.6 is 15.9 Å². The van der Waals surface area contributed by atoms with Crippen LogP contribution in [-0.2, 0) is 9.53 Å². The highest BCUT2D eigenvalue weighted by molar-refractivity contribution is 9.10. The third kappa shape index (κ3) is 4.18. The number of hydrogen-bond donors (Lipinski definition) is 1. The van der Waals surface area contributed by atoms with Gasteiger partial charge in [0.05, 0.1) is 12.1 Å². The summed E-state index contributed by atoms with van der Waals surface area (Å²) in [6.45, 7) is 3.18. The molecule has 1 aliphatic heterocycles. The number of amides is 1. The van der Waals surface area contributed by atoms with E-state index >= 15 is 0 Å². The van der Waals surface area contributed by atoms with Crippen molar-refractivity contribution in [3.05, 3.63) is 22.2 Å². The lowest BCUT2D eigenvalue weighted by atomic mass is 10.1. The molecule has 5 nitrogen and oxygen atoms in total. The zero-order chi connectivity index (χ0) is 16.2. The summed E-state index contributed by atoms with van der Waals surface area (Å²) in [6, 6.07) is 3.67. The molecule has 126 valence electrons. The molecule has 1 N–H and O–H groups in total. The van der Waals surface area contributed by atoms with Gasteiger partial charge in [0, 0.05) is 4.47 Å². The lowest BCUT2D eigenvalue weighted by Gasteiger charge is -2.22. The second-order valence-corrected chi connectivity index (χ2v) is 6.88. The van der Waals surface area contributed by atoms with Gasteiger partial charge in [0.1, 0.15) is 19.8 Å². The average molecular weight is 384 g/mol. The maximum absolute atomic E-state index is 12.1. The molecule has 1 atom stereocenters. The summed E-state index contributed by atoms with van der Waals surface area (Å²) < 4.78 is 17.7. The number of benzene rings is 1. The van der Waals surface area contributed by atoms with Crippen molar-refractivity contribution in [3.8, 4) is 11.5 Å². The van der Waals surface area contributed by atoms with E-state index in [4.69, 9.17) is 14.2 Å². The minimum absolute atomic E-state index is 0.0915. The van der Waals surface area contributed by atoms with E-state index in [-0.39, 0.29) is 24.7 Å². The first kappa shape index (κ1) is 16.6. The monoisotopic (exact) mass is 383 g/mol. The van der Waals surface area contributed by atoms with Crippen molar-refractivity contribution < 1.29 is 19.0 Å². The van der Waals surface area contributed by atoms with Crippen LogP contribution < -0.4 is 14.8 Å². The zero-order valence-corrected chi connectivity index (χ0v) is 14.9. The molecule has 1 fully saturated rings. The van der Waals surface area contributed by atoms with Gasteiger partial charge < -0.3 is 19.5 Å². The maximum Gasteiger partial charge on any atom is 0.246 e. The van der Waals surface area contributed by atoms with Gasteiger partial charge in [-0.25, -0.2) is 0 Å². The number of ether oxygens (including phenoxy) is 3. The summed E-state index contributed by atoms with van der Waals surface area (Å²) in [7, 11) is 0. The van der Waals surface area contributed by atoms with E-state index < -0.39 is 0 Å². The summed E-state index contributed by atoms with van der Waals surface area (Å²) in [5.74, 6) is 1.36. The van der Waals surface area contributed by atoms with E-state index in [0.717, 1.165) is 34.4 Å². The molecule has 1 aromatic rings. The van der Waals surface area contributed by atoms with Gasteiger partial charge in [0.15, 0.2) is 11.5 Å². The molecule has 0 aromatic heterocycles. The second kappa shape index (κ2) is 7.53. The Labute approximate surface area is 144 Å². The lowest BCUT2D eigenvalue weighted by Crippen LogP contribution is -2.31. The molecule has 0 saturated heterocycles. The molecule has 23 heavy (non-hydrogen) atoms. The fourth-order valence-electron chi connectivity index (χ4n) is 3.02. The third-order valence-corrected chi connectivity index (χ3v) is 4.94. The van der Waals surface area contributed by atoms with Crippen molar-refractivity contribution in [1.29, 1.82) is 0 Å². The molecule has 1 amide bonds. The molecule has 1 saturated carbocycles. The van der Waals surface area contributed by atoms with Crippen molar-refractivity contribution >= 4 is 21.8 Å². The number of halogens is 1. The second-order valence-electron chi connectivity index (χ2n) is 6.02. The SMILES string of the molecule is C[C@@H](NC(=O)COC1CCCC1)c1cc2c(cc1Br)OCCO2. The fourth-order valence-corrected chi connectivity index (χ4v) is 3.69. The van der Waals surface area contributed by atoms with Crippen LogP contribution in [0.3, 0.4) is 0 Å². The van der Waals surface area contributed by atoms with Crippen LogP contribution in [0.25, 0.3) is 0 Å². The Kier molecular flexibility index (Phi) is 5.43. The van der Waals surface area contributed by atoms with E-state index in [1.807, 2.05) is 19.1 Å². The Morgan fingerprint density at radius 1 is 1.30 bits per heavy atom. The quantitative estimate of drug-likeness (QED) is 0.846. The summed E-state index contributed by atoms with van der Waals surface area (Å²) in [5, 5.41) is 2.98. The molecule has 2 aliphatic rings. The molecule has 0 radical (unpaired) electrons. The van der Waals surface area contributed by atoms with Gasteiger partial charge in [0.25, 0.3) is 0 Å². The van der Waals surface area contributed by atoms with Crippen LogP contribution in [0.15, 0.2) is 16.6 Å². The normalized spacial score (nSPS) is 18.7. The highest BCUT2D eigenvalue weighted by Crippen LogP contribution is 2.37. The lowest BCUT2D eigenvalue weighted by molar-refractivity contribution is -0.128. The van der Waals surface area contributed by atoms with E-state index in [1.54, 1.807) is 0 Å². The first-order valence-corrected chi connectivity index (χ1v) is 8.93. The third-order valence-electron chi connectivity index (χ3n) is 4.26. The van der Waals surface area contributed by atoms with Crippen LogP contribution in [-0.4, -0.2) is 31.8 Å². The van der Waals surface area contributed by atoms with E-state index in [1.165, 1.54) is 12.8 Å². The van der Waals surface area contributed by atoms with Gasteiger partial charge in [0.2, 0.25) is 5.91 Å². The van der Waals surface area contributed by atoms with Crippen molar-refractivity contribution in [2.75, 3.05) is 19.8 Å². The molecular formula is C17H22BrNO4. The number of carbonyl (C=O) groups is 1. The number of hydrogen-bond acceptors (Lipinski definition) is 4. The van der Waals surface area contributed by atoms with Gasteiger partial charge in [-0.2, -0.15) is 0 Å². The predicted molar refractivity (Wildman–Crippen MR) is 89.9 cm³/mol. The minimum Gasteiger partial charge on any atom is -0.486 e. The molecule has 1 aliphatic carbocycles. The Hall–Kier alpha value is -1.27. The van der Waals surface area contributed by atoms with Crippen LogP contribution in [0.5, 0.6) is 11.5 Å². The van der Waals surface area contributed by atoms with Crippen molar-refractivity contribution in [3.63, 3.8) is 0 Å². The number of carbonyl (C=O) groups excluding carboxylic acids is 1. The van der Waals surface area contributed by atoms with Crippen LogP contribution in [0.2, 0.25) is 0 Å². The Balaban J connectivity index is 1.58. The standard InChI is InChI=1S/C17H22BrNO4/c1-11(19-17(20)10-23-12-4-2-3-5-12)13-8-15-16(9-14(13)18)22-7-6-21-15/h8-9,11-12H,2-7,10H2,1H3,(H,19,20)/t11-/m1/s1. The predicted octanol–water partition coefficient (Wildman–Crippen LogP) is 3.36. The van der Waals surface area contributed by atoms with E-state index in [9.17, 15) is 4.79 Å². The molecule has 0 bridgehead atoms. The van der Waals surface area contributed by atoms with Gasteiger partial charge >= 0.3 is 0 Å². The maximum atomic E-state index is 12.1. The van der Waals surface area contributed by atoms with Gasteiger partial charge in [-0.15, -0.1) is 0 Å².